The third-order valence-corrected chi connectivity index (χ3v) is 2.36. The van der Waals surface area contributed by atoms with Crippen LogP contribution in [0.25, 0.3) is 0 Å². The highest BCUT2D eigenvalue weighted by Gasteiger charge is 2.38. The summed E-state index contributed by atoms with van der Waals surface area (Å²) < 4.78 is 5.01. The molecule has 0 saturated heterocycles. The van der Waals surface area contributed by atoms with Gasteiger partial charge < -0.3 is 15.4 Å². The lowest BCUT2D eigenvalue weighted by atomic mass is 10.3. The van der Waals surface area contributed by atoms with Crippen molar-refractivity contribution in [2.24, 2.45) is 0 Å². The molecule has 5 heteroatoms. The minimum Gasteiger partial charge on any atom is -0.362 e. The fourth-order valence-electron chi connectivity index (χ4n) is 1.29. The molecule has 5 nitrogen and oxygen atoms in total. The second kappa shape index (κ2) is 5.30. The molecule has 0 bridgehead atoms. The molecule has 1 aliphatic rings. The van der Waals surface area contributed by atoms with E-state index in [1.807, 2.05) is 20.8 Å². The van der Waals surface area contributed by atoms with Crippen LogP contribution in [0.2, 0.25) is 0 Å². The van der Waals surface area contributed by atoms with Crippen molar-refractivity contribution in [2.75, 3.05) is 13.2 Å². The summed E-state index contributed by atoms with van der Waals surface area (Å²) in [5, 5.41) is 5.53. The molecule has 2 N–H and O–H groups in total. The Morgan fingerprint density at radius 2 is 1.81 bits per heavy atom. The first kappa shape index (κ1) is 13.0. The highest BCUT2D eigenvalue weighted by molar-refractivity contribution is 5.80. The van der Waals surface area contributed by atoms with Crippen molar-refractivity contribution in [2.45, 2.75) is 45.2 Å². The van der Waals surface area contributed by atoms with Crippen molar-refractivity contribution < 1.29 is 14.3 Å². The summed E-state index contributed by atoms with van der Waals surface area (Å²) in [5.74, 6) is -0.349. The topological polar surface area (TPSA) is 67.4 Å². The molecular formula is C11H20N2O3. The van der Waals surface area contributed by atoms with Crippen molar-refractivity contribution in [1.82, 2.24) is 10.6 Å². The lowest BCUT2D eigenvalue weighted by Gasteiger charge is -2.12. The smallest absolute Gasteiger partial charge is 0.246 e. The summed E-state index contributed by atoms with van der Waals surface area (Å²) in [7, 11) is 0. The number of ether oxygens (including phenoxy) is 1. The Labute approximate surface area is 95.9 Å². The number of hydrogen-bond donors (Lipinski definition) is 2. The summed E-state index contributed by atoms with van der Waals surface area (Å²) >= 11 is 0. The monoisotopic (exact) mass is 228 g/mol. The van der Waals surface area contributed by atoms with Gasteiger partial charge in [-0.2, -0.15) is 0 Å². The predicted octanol–water partition coefficient (Wildman–Crippen LogP) is 0.196. The van der Waals surface area contributed by atoms with Gasteiger partial charge >= 0.3 is 0 Å². The average Bonchev–Trinajstić information content (AvgIpc) is 2.81. The Bertz CT molecular complexity index is 272. The molecule has 1 fully saturated rings. The van der Waals surface area contributed by atoms with Crippen LogP contribution in [0.4, 0.5) is 0 Å². The van der Waals surface area contributed by atoms with Gasteiger partial charge in [-0.3, -0.25) is 9.59 Å². The highest BCUT2D eigenvalue weighted by atomic mass is 16.5. The summed E-state index contributed by atoms with van der Waals surface area (Å²) in [6.45, 7) is 5.62. The van der Waals surface area contributed by atoms with E-state index in [1.54, 1.807) is 0 Å². The minimum absolute atomic E-state index is 0.0271. The second-order valence-corrected chi connectivity index (χ2v) is 4.82. The van der Waals surface area contributed by atoms with E-state index in [0.29, 0.717) is 0 Å². The van der Waals surface area contributed by atoms with E-state index >= 15 is 0 Å². The molecule has 0 aromatic carbocycles. The number of amides is 2. The molecule has 92 valence electrons. The van der Waals surface area contributed by atoms with Crippen LogP contribution >= 0.6 is 0 Å². The van der Waals surface area contributed by atoms with Gasteiger partial charge in [-0.25, -0.2) is 0 Å². The molecule has 2 amide bonds. The van der Waals surface area contributed by atoms with Crippen molar-refractivity contribution in [3.63, 3.8) is 0 Å². The molecule has 1 rings (SSSR count). The summed E-state index contributed by atoms with van der Waals surface area (Å²) in [5.41, 5.74) is -0.0271. The Balaban J connectivity index is 2.06. The molecule has 0 aromatic rings. The van der Waals surface area contributed by atoms with Gasteiger partial charge in [-0.1, -0.05) is 0 Å². The van der Waals surface area contributed by atoms with Crippen LogP contribution in [0, 0.1) is 0 Å². The molecule has 0 atom stereocenters. The van der Waals surface area contributed by atoms with Crippen LogP contribution in [0.1, 0.15) is 33.6 Å². The van der Waals surface area contributed by atoms with Gasteiger partial charge in [0, 0.05) is 11.6 Å². The van der Waals surface area contributed by atoms with Crippen molar-refractivity contribution in [3.05, 3.63) is 0 Å². The average molecular weight is 228 g/mol. The maximum atomic E-state index is 11.3. The van der Waals surface area contributed by atoms with Crippen LogP contribution < -0.4 is 10.6 Å². The number of nitrogens with one attached hydrogen (secondary N) is 2. The number of carbonyl (C=O) groups is 2. The van der Waals surface area contributed by atoms with E-state index in [9.17, 15) is 9.59 Å². The zero-order valence-electron chi connectivity index (χ0n) is 10.1. The number of rotatable bonds is 6. The van der Waals surface area contributed by atoms with Gasteiger partial charge in [0.1, 0.15) is 13.2 Å². The molecule has 16 heavy (non-hydrogen) atoms. The summed E-state index contributed by atoms with van der Waals surface area (Å²) in [4.78, 5) is 22.5. The van der Waals surface area contributed by atoms with Crippen LogP contribution in [-0.4, -0.2) is 36.6 Å². The zero-order chi connectivity index (χ0) is 12.2. The summed E-state index contributed by atoms with van der Waals surface area (Å²) in [6, 6.07) is 0.0929. The normalized spacial score (nSPS) is 17.0. The van der Waals surface area contributed by atoms with Gasteiger partial charge in [-0.15, -0.1) is 0 Å². The van der Waals surface area contributed by atoms with Gasteiger partial charge in [0.2, 0.25) is 11.8 Å². The molecule has 0 aromatic heterocycles. The van der Waals surface area contributed by atoms with Crippen LogP contribution in [0.15, 0.2) is 0 Å². The first-order valence-electron chi connectivity index (χ1n) is 5.59. The van der Waals surface area contributed by atoms with Gasteiger partial charge in [0.25, 0.3) is 0 Å². The fraction of sp³-hybridized carbons (Fsp3) is 0.818. The quantitative estimate of drug-likeness (QED) is 0.682. The molecule has 1 saturated carbocycles. The Morgan fingerprint density at radius 3 is 2.31 bits per heavy atom. The Morgan fingerprint density at radius 1 is 1.25 bits per heavy atom. The molecule has 0 unspecified atom stereocenters. The Hall–Kier alpha value is -1.10. The SMILES string of the molecule is CC(C)NC(=O)COCC(=O)NC1(C)CC1. The number of hydrogen-bond acceptors (Lipinski definition) is 3. The maximum Gasteiger partial charge on any atom is 0.246 e. The zero-order valence-corrected chi connectivity index (χ0v) is 10.1. The van der Waals surface area contributed by atoms with Gasteiger partial charge in [-0.05, 0) is 33.6 Å². The standard InChI is InChI=1S/C11H20N2O3/c1-8(2)12-9(14)6-16-7-10(15)13-11(3)4-5-11/h8H,4-7H2,1-3H3,(H,12,14)(H,13,15). The van der Waals surface area contributed by atoms with Gasteiger partial charge in [0.15, 0.2) is 0 Å². The maximum absolute atomic E-state index is 11.3. The van der Waals surface area contributed by atoms with Crippen molar-refractivity contribution >= 4 is 11.8 Å². The molecule has 1 aliphatic carbocycles. The molecule has 0 radical (unpaired) electrons. The minimum atomic E-state index is -0.194. The summed E-state index contributed by atoms with van der Waals surface area (Å²) in [6.07, 6.45) is 2.04. The van der Waals surface area contributed by atoms with E-state index in [-0.39, 0.29) is 36.6 Å². The van der Waals surface area contributed by atoms with Crippen LogP contribution in [-0.2, 0) is 14.3 Å². The lowest BCUT2D eigenvalue weighted by molar-refractivity contribution is -0.131. The molecule has 0 aliphatic heterocycles. The van der Waals surface area contributed by atoms with Crippen molar-refractivity contribution in [3.8, 4) is 0 Å². The first-order valence-corrected chi connectivity index (χ1v) is 5.59. The number of carbonyl (C=O) groups excluding carboxylic acids is 2. The van der Waals surface area contributed by atoms with E-state index in [1.165, 1.54) is 0 Å². The van der Waals surface area contributed by atoms with Crippen LogP contribution in [0.3, 0.4) is 0 Å². The van der Waals surface area contributed by atoms with E-state index in [2.05, 4.69) is 10.6 Å². The van der Waals surface area contributed by atoms with E-state index in [0.717, 1.165) is 12.8 Å². The lowest BCUT2D eigenvalue weighted by Crippen LogP contribution is -2.38. The third kappa shape index (κ3) is 5.11. The molecule has 0 spiro atoms. The predicted molar refractivity (Wildman–Crippen MR) is 59.9 cm³/mol. The molecule has 0 heterocycles. The van der Waals surface area contributed by atoms with E-state index in [4.69, 9.17) is 4.74 Å². The molecular weight excluding hydrogens is 208 g/mol. The van der Waals surface area contributed by atoms with Crippen LogP contribution in [0.5, 0.6) is 0 Å². The van der Waals surface area contributed by atoms with E-state index < -0.39 is 0 Å². The van der Waals surface area contributed by atoms with Crippen molar-refractivity contribution in [1.29, 1.82) is 0 Å². The Kier molecular flexibility index (Phi) is 4.29. The first-order chi connectivity index (χ1) is 7.41. The largest absolute Gasteiger partial charge is 0.362 e. The highest BCUT2D eigenvalue weighted by Crippen LogP contribution is 2.33. The third-order valence-electron chi connectivity index (χ3n) is 2.36. The second-order valence-electron chi connectivity index (χ2n) is 4.82. The fourth-order valence-corrected chi connectivity index (χ4v) is 1.29. The van der Waals surface area contributed by atoms with Gasteiger partial charge in [0.05, 0.1) is 0 Å².